The summed E-state index contributed by atoms with van der Waals surface area (Å²) in [4.78, 5) is 11.5. The molecule has 1 heterocycles. The second-order valence-electron chi connectivity index (χ2n) is 3.31. The van der Waals surface area contributed by atoms with E-state index in [1.165, 1.54) is 6.07 Å². The van der Waals surface area contributed by atoms with Crippen molar-refractivity contribution in [3.63, 3.8) is 0 Å². The van der Waals surface area contributed by atoms with Crippen LogP contribution < -0.4 is 5.43 Å². The van der Waals surface area contributed by atoms with Crippen molar-refractivity contribution < 1.29 is 13.2 Å². The fourth-order valence-corrected chi connectivity index (χ4v) is 1.40. The van der Waals surface area contributed by atoms with Gasteiger partial charge in [-0.1, -0.05) is 11.6 Å². The number of benzene rings is 1. The first-order valence-electron chi connectivity index (χ1n) is 4.40. The number of fused-ring (bicyclic) bond motifs is 1. The van der Waals surface area contributed by atoms with Gasteiger partial charge in [0.2, 0.25) is 0 Å². The van der Waals surface area contributed by atoms with Crippen molar-refractivity contribution >= 4 is 11.0 Å². The van der Waals surface area contributed by atoms with Gasteiger partial charge in [0.1, 0.15) is 5.58 Å². The Morgan fingerprint density at radius 3 is 2.67 bits per heavy atom. The molecular weight excluding hydrogens is 202 g/mol. The molecule has 0 radical (unpaired) electrons. The van der Waals surface area contributed by atoms with Crippen molar-refractivity contribution in [3.05, 3.63) is 45.8 Å². The standard InChI is InChI=1S/C11H8F2O2/c1-6-2-3-9-7(4-6)8(14)5-10(15-9)11(12)13/h2-5,11H,1H3. The summed E-state index contributed by atoms with van der Waals surface area (Å²) in [6.45, 7) is 1.82. The molecule has 0 aliphatic carbocycles. The van der Waals surface area contributed by atoms with Crippen LogP contribution in [0, 0.1) is 6.92 Å². The highest BCUT2D eigenvalue weighted by molar-refractivity contribution is 5.77. The lowest BCUT2D eigenvalue weighted by Gasteiger charge is -2.01. The van der Waals surface area contributed by atoms with Crippen molar-refractivity contribution in [2.75, 3.05) is 0 Å². The summed E-state index contributed by atoms with van der Waals surface area (Å²) in [7, 11) is 0. The van der Waals surface area contributed by atoms with Gasteiger partial charge in [-0.15, -0.1) is 0 Å². The number of aryl methyl sites for hydroxylation is 1. The van der Waals surface area contributed by atoms with Crippen LogP contribution >= 0.6 is 0 Å². The third kappa shape index (κ3) is 1.75. The SMILES string of the molecule is Cc1ccc2oc(C(F)F)cc(=O)c2c1. The second-order valence-corrected chi connectivity index (χ2v) is 3.31. The van der Waals surface area contributed by atoms with Gasteiger partial charge in [-0.25, -0.2) is 8.78 Å². The molecule has 1 aromatic heterocycles. The van der Waals surface area contributed by atoms with Crippen LogP contribution in [0.1, 0.15) is 17.7 Å². The lowest BCUT2D eigenvalue weighted by atomic mass is 10.1. The highest BCUT2D eigenvalue weighted by atomic mass is 19.3. The van der Waals surface area contributed by atoms with Gasteiger partial charge in [-0.05, 0) is 19.1 Å². The maximum absolute atomic E-state index is 12.3. The minimum Gasteiger partial charge on any atom is -0.455 e. The zero-order chi connectivity index (χ0) is 11.0. The fraction of sp³-hybridized carbons (Fsp3) is 0.182. The number of hydrogen-bond acceptors (Lipinski definition) is 2. The molecule has 1 aromatic carbocycles. The van der Waals surface area contributed by atoms with Crippen LogP contribution in [0.3, 0.4) is 0 Å². The predicted molar refractivity (Wildman–Crippen MR) is 52.2 cm³/mol. The smallest absolute Gasteiger partial charge is 0.295 e. The molecule has 0 spiro atoms. The topological polar surface area (TPSA) is 30.2 Å². The number of alkyl halides is 2. The average Bonchev–Trinajstić information content (AvgIpc) is 2.18. The van der Waals surface area contributed by atoms with Gasteiger partial charge in [0.05, 0.1) is 5.39 Å². The maximum Gasteiger partial charge on any atom is 0.295 e. The lowest BCUT2D eigenvalue weighted by molar-refractivity contribution is 0.122. The van der Waals surface area contributed by atoms with E-state index >= 15 is 0 Å². The van der Waals surface area contributed by atoms with Crippen LogP contribution in [0.25, 0.3) is 11.0 Å². The molecule has 0 aliphatic rings. The Kier molecular flexibility index (Phi) is 2.26. The van der Waals surface area contributed by atoms with Crippen molar-refractivity contribution in [2.45, 2.75) is 13.3 Å². The van der Waals surface area contributed by atoms with Crippen molar-refractivity contribution in [1.29, 1.82) is 0 Å². The van der Waals surface area contributed by atoms with E-state index in [4.69, 9.17) is 4.42 Å². The predicted octanol–water partition coefficient (Wildman–Crippen LogP) is 3.04. The summed E-state index contributed by atoms with van der Waals surface area (Å²) < 4.78 is 29.6. The van der Waals surface area contributed by atoms with Crippen LogP contribution in [-0.4, -0.2) is 0 Å². The van der Waals surface area contributed by atoms with Gasteiger partial charge >= 0.3 is 0 Å². The number of halogens is 2. The highest BCUT2D eigenvalue weighted by Crippen LogP contribution is 2.21. The van der Waals surface area contributed by atoms with E-state index in [2.05, 4.69) is 0 Å². The highest BCUT2D eigenvalue weighted by Gasteiger charge is 2.13. The Hall–Kier alpha value is -1.71. The Bertz CT molecular complexity index is 558. The van der Waals surface area contributed by atoms with Crippen LogP contribution in [0.2, 0.25) is 0 Å². The molecule has 0 amide bonds. The van der Waals surface area contributed by atoms with Crippen molar-refractivity contribution in [3.8, 4) is 0 Å². The summed E-state index contributed by atoms with van der Waals surface area (Å²) in [6, 6.07) is 5.70. The summed E-state index contributed by atoms with van der Waals surface area (Å²) in [5.41, 5.74) is 0.651. The molecule has 4 heteroatoms. The summed E-state index contributed by atoms with van der Waals surface area (Å²) in [5, 5.41) is 0.333. The molecule has 0 saturated heterocycles. The molecule has 0 unspecified atom stereocenters. The van der Waals surface area contributed by atoms with E-state index in [1.54, 1.807) is 12.1 Å². The first-order chi connectivity index (χ1) is 7.08. The molecule has 15 heavy (non-hydrogen) atoms. The van der Waals surface area contributed by atoms with E-state index in [0.29, 0.717) is 5.39 Å². The fourth-order valence-electron chi connectivity index (χ4n) is 1.40. The monoisotopic (exact) mass is 210 g/mol. The molecule has 0 aliphatic heterocycles. The Morgan fingerprint density at radius 2 is 2.00 bits per heavy atom. The van der Waals surface area contributed by atoms with Crippen LogP contribution in [0.4, 0.5) is 8.78 Å². The largest absolute Gasteiger partial charge is 0.455 e. The summed E-state index contributed by atoms with van der Waals surface area (Å²) in [6.07, 6.45) is -2.76. The van der Waals surface area contributed by atoms with Gasteiger partial charge in [0.25, 0.3) is 6.43 Å². The minimum atomic E-state index is -2.76. The molecule has 2 aromatic rings. The molecule has 0 atom stereocenters. The molecular formula is C11H8F2O2. The van der Waals surface area contributed by atoms with Crippen LogP contribution in [0.15, 0.2) is 33.5 Å². The summed E-state index contributed by atoms with van der Waals surface area (Å²) in [5.74, 6) is -0.587. The van der Waals surface area contributed by atoms with Gasteiger partial charge < -0.3 is 4.42 Å². The lowest BCUT2D eigenvalue weighted by Crippen LogP contribution is -2.02. The van der Waals surface area contributed by atoms with Gasteiger partial charge in [0, 0.05) is 6.07 Å². The molecule has 0 bridgehead atoms. The summed E-state index contributed by atoms with van der Waals surface area (Å²) >= 11 is 0. The molecule has 78 valence electrons. The quantitative estimate of drug-likeness (QED) is 0.724. The number of hydrogen-bond donors (Lipinski definition) is 0. The molecule has 0 N–H and O–H groups in total. The first kappa shape index (κ1) is 9.83. The van der Waals surface area contributed by atoms with Gasteiger partial charge in [-0.2, -0.15) is 0 Å². The van der Waals surface area contributed by atoms with E-state index in [0.717, 1.165) is 11.6 Å². The normalized spacial score (nSPS) is 11.2. The minimum absolute atomic E-state index is 0.198. The Morgan fingerprint density at radius 1 is 1.27 bits per heavy atom. The maximum atomic E-state index is 12.3. The van der Waals surface area contributed by atoms with Crippen molar-refractivity contribution in [2.24, 2.45) is 0 Å². The zero-order valence-corrected chi connectivity index (χ0v) is 7.96. The molecule has 2 nitrogen and oxygen atoms in total. The average molecular weight is 210 g/mol. The molecule has 0 saturated carbocycles. The second kappa shape index (κ2) is 3.46. The van der Waals surface area contributed by atoms with Gasteiger partial charge in [0.15, 0.2) is 11.2 Å². The first-order valence-corrected chi connectivity index (χ1v) is 4.40. The molecule has 0 fully saturated rings. The van der Waals surface area contributed by atoms with E-state index in [1.807, 2.05) is 6.92 Å². The number of rotatable bonds is 1. The Balaban J connectivity index is 2.79. The van der Waals surface area contributed by atoms with Crippen molar-refractivity contribution in [1.82, 2.24) is 0 Å². The zero-order valence-electron chi connectivity index (χ0n) is 7.96. The van der Waals surface area contributed by atoms with E-state index in [9.17, 15) is 13.6 Å². The van der Waals surface area contributed by atoms with E-state index < -0.39 is 17.6 Å². The van der Waals surface area contributed by atoms with Gasteiger partial charge in [-0.3, -0.25) is 4.79 Å². The molecule has 2 rings (SSSR count). The Labute approximate surface area is 84.1 Å². The van der Waals surface area contributed by atoms with E-state index in [-0.39, 0.29) is 5.58 Å². The third-order valence-corrected chi connectivity index (χ3v) is 2.12. The van der Waals surface area contributed by atoms with Crippen LogP contribution in [0.5, 0.6) is 0 Å². The third-order valence-electron chi connectivity index (χ3n) is 2.12. The van der Waals surface area contributed by atoms with Crippen LogP contribution in [-0.2, 0) is 0 Å².